The summed E-state index contributed by atoms with van der Waals surface area (Å²) in [6, 6.07) is 15.6. The van der Waals surface area contributed by atoms with Crippen molar-refractivity contribution in [3.05, 3.63) is 76.1 Å². The number of nitrogens with one attached hydrogen (secondary N) is 1. The zero-order chi connectivity index (χ0) is 21.0. The highest BCUT2D eigenvalue weighted by molar-refractivity contribution is 5.81. The number of carbonyl (C=O) groups is 1. The van der Waals surface area contributed by atoms with Crippen molar-refractivity contribution in [2.75, 3.05) is 0 Å². The van der Waals surface area contributed by atoms with Crippen molar-refractivity contribution in [1.82, 2.24) is 15.1 Å². The van der Waals surface area contributed by atoms with Crippen LogP contribution >= 0.6 is 0 Å². The minimum Gasteiger partial charge on any atom is -0.347 e. The summed E-state index contributed by atoms with van der Waals surface area (Å²) in [6.45, 7) is 8.68. The first-order chi connectivity index (χ1) is 13.8. The molecule has 5 nitrogen and oxygen atoms in total. The zero-order valence-corrected chi connectivity index (χ0v) is 17.6. The quantitative estimate of drug-likeness (QED) is 0.659. The zero-order valence-electron chi connectivity index (χ0n) is 17.6. The van der Waals surface area contributed by atoms with E-state index in [1.54, 1.807) is 10.7 Å². The molecular formula is C24H29N3O2. The third kappa shape index (κ3) is 5.11. The van der Waals surface area contributed by atoms with Gasteiger partial charge in [-0.1, -0.05) is 64.1 Å². The topological polar surface area (TPSA) is 64.0 Å². The molecule has 1 atom stereocenters. The second-order valence-corrected chi connectivity index (χ2v) is 8.31. The molecule has 0 aliphatic carbocycles. The van der Waals surface area contributed by atoms with E-state index in [0.717, 1.165) is 12.0 Å². The number of carbonyl (C=O) groups excluding carboxylic acids is 1. The number of amides is 1. The highest BCUT2D eigenvalue weighted by Gasteiger charge is 2.19. The Balaban J connectivity index is 1.77. The highest BCUT2D eigenvalue weighted by atomic mass is 16.2. The normalized spacial score (nSPS) is 12.5. The van der Waals surface area contributed by atoms with Gasteiger partial charge < -0.3 is 5.32 Å². The van der Waals surface area contributed by atoms with Crippen molar-refractivity contribution in [3.63, 3.8) is 0 Å². The second-order valence-electron chi connectivity index (χ2n) is 8.31. The van der Waals surface area contributed by atoms with Crippen LogP contribution in [0.1, 0.15) is 44.9 Å². The Morgan fingerprint density at radius 1 is 1.03 bits per heavy atom. The van der Waals surface area contributed by atoms with Crippen LogP contribution < -0.4 is 10.7 Å². The number of hydrogen-bond acceptors (Lipinski definition) is 3. The van der Waals surface area contributed by atoms with Crippen LogP contribution in [-0.4, -0.2) is 15.7 Å². The van der Waals surface area contributed by atoms with E-state index in [4.69, 9.17) is 0 Å². The Labute approximate surface area is 171 Å². The molecule has 5 heteroatoms. The largest absolute Gasteiger partial charge is 0.347 e. The van der Waals surface area contributed by atoms with Gasteiger partial charge in [-0.25, -0.2) is 0 Å². The first kappa shape index (κ1) is 20.8. The van der Waals surface area contributed by atoms with Gasteiger partial charge in [-0.2, -0.15) is 5.10 Å². The van der Waals surface area contributed by atoms with Crippen LogP contribution in [0.5, 0.6) is 0 Å². The van der Waals surface area contributed by atoms with Gasteiger partial charge in [0.1, 0.15) is 6.54 Å². The van der Waals surface area contributed by atoms with Crippen molar-refractivity contribution in [2.45, 2.75) is 46.7 Å². The molecule has 3 aromatic rings. The summed E-state index contributed by atoms with van der Waals surface area (Å²) in [6.07, 6.45) is 2.31. The molecule has 29 heavy (non-hydrogen) atoms. The van der Waals surface area contributed by atoms with Gasteiger partial charge in [-0.05, 0) is 41.5 Å². The van der Waals surface area contributed by atoms with Crippen LogP contribution in [0.4, 0.5) is 0 Å². The smallest absolute Gasteiger partial charge is 0.242 e. The molecule has 0 aliphatic heterocycles. The lowest BCUT2D eigenvalue weighted by atomic mass is 9.93. The van der Waals surface area contributed by atoms with Crippen LogP contribution in [0, 0.1) is 11.8 Å². The first-order valence-electron chi connectivity index (χ1n) is 10.2. The molecule has 0 fully saturated rings. The first-order valence-corrected chi connectivity index (χ1v) is 10.2. The summed E-state index contributed by atoms with van der Waals surface area (Å²) in [5.74, 6) is 0.728. The third-order valence-electron chi connectivity index (χ3n) is 5.02. The third-order valence-corrected chi connectivity index (χ3v) is 5.02. The van der Waals surface area contributed by atoms with E-state index in [-0.39, 0.29) is 29.8 Å². The fourth-order valence-electron chi connectivity index (χ4n) is 3.61. The fraction of sp³-hybridized carbons (Fsp3) is 0.375. The minimum atomic E-state index is -0.140. The maximum atomic E-state index is 12.8. The van der Waals surface area contributed by atoms with Gasteiger partial charge >= 0.3 is 0 Å². The molecule has 0 radical (unpaired) electrons. The van der Waals surface area contributed by atoms with Crippen LogP contribution in [0.15, 0.2) is 59.5 Å². The molecule has 1 heterocycles. The SMILES string of the molecule is CC(C)Cc1ccc(C(NC(=O)Cn2ncc(=O)c3ccccc32)C(C)C)cc1. The van der Waals surface area contributed by atoms with E-state index in [1.165, 1.54) is 11.8 Å². The van der Waals surface area contributed by atoms with Crippen molar-refractivity contribution < 1.29 is 4.79 Å². The molecule has 152 valence electrons. The number of rotatable bonds is 7. The van der Waals surface area contributed by atoms with Crippen molar-refractivity contribution >= 4 is 16.8 Å². The number of hydrogen-bond donors (Lipinski definition) is 1. The molecule has 0 aliphatic rings. The van der Waals surface area contributed by atoms with E-state index in [9.17, 15) is 9.59 Å². The van der Waals surface area contributed by atoms with E-state index in [0.29, 0.717) is 16.8 Å². The molecule has 1 N–H and O–H groups in total. The van der Waals surface area contributed by atoms with Crippen molar-refractivity contribution in [1.29, 1.82) is 0 Å². The molecule has 3 rings (SSSR count). The van der Waals surface area contributed by atoms with Gasteiger partial charge in [-0.15, -0.1) is 0 Å². The second kappa shape index (κ2) is 9.03. The van der Waals surface area contributed by atoms with Crippen LogP contribution in [0.2, 0.25) is 0 Å². The molecule has 0 saturated carbocycles. The lowest BCUT2D eigenvalue weighted by molar-refractivity contribution is -0.122. The highest BCUT2D eigenvalue weighted by Crippen LogP contribution is 2.23. The number of nitrogens with zero attached hydrogens (tertiary/aromatic N) is 2. The summed E-state index contributed by atoms with van der Waals surface area (Å²) >= 11 is 0. The van der Waals surface area contributed by atoms with Crippen molar-refractivity contribution in [3.8, 4) is 0 Å². The van der Waals surface area contributed by atoms with Crippen LogP contribution in [0.25, 0.3) is 10.9 Å². The lowest BCUT2D eigenvalue weighted by Crippen LogP contribution is -2.35. The van der Waals surface area contributed by atoms with E-state index < -0.39 is 0 Å². The Morgan fingerprint density at radius 3 is 2.38 bits per heavy atom. The maximum Gasteiger partial charge on any atom is 0.242 e. The Kier molecular flexibility index (Phi) is 6.47. The number of para-hydroxylation sites is 1. The lowest BCUT2D eigenvalue weighted by Gasteiger charge is -2.23. The summed E-state index contributed by atoms with van der Waals surface area (Å²) in [7, 11) is 0. The van der Waals surface area contributed by atoms with Gasteiger partial charge in [0.05, 0.1) is 17.8 Å². The average Bonchev–Trinajstić information content (AvgIpc) is 2.69. The molecule has 0 saturated heterocycles. The van der Waals surface area contributed by atoms with Gasteiger partial charge in [0, 0.05) is 5.39 Å². The maximum absolute atomic E-state index is 12.8. The van der Waals surface area contributed by atoms with Gasteiger partial charge in [0.25, 0.3) is 0 Å². The predicted molar refractivity (Wildman–Crippen MR) is 117 cm³/mol. The fourth-order valence-corrected chi connectivity index (χ4v) is 3.61. The minimum absolute atomic E-state index is 0.0649. The van der Waals surface area contributed by atoms with Crippen molar-refractivity contribution in [2.24, 2.45) is 11.8 Å². The van der Waals surface area contributed by atoms with Crippen LogP contribution in [-0.2, 0) is 17.8 Å². The van der Waals surface area contributed by atoms with E-state index in [1.807, 2.05) is 18.2 Å². The molecule has 0 bridgehead atoms. The summed E-state index contributed by atoms with van der Waals surface area (Å²) in [4.78, 5) is 24.8. The number of aromatic nitrogens is 2. The molecule has 1 unspecified atom stereocenters. The van der Waals surface area contributed by atoms with Gasteiger partial charge in [0.2, 0.25) is 11.3 Å². The number of benzene rings is 2. The summed E-state index contributed by atoms with van der Waals surface area (Å²) in [5.41, 5.74) is 2.92. The van der Waals surface area contributed by atoms with Gasteiger partial charge in [0.15, 0.2) is 0 Å². The molecular weight excluding hydrogens is 362 g/mol. The molecule has 1 aromatic heterocycles. The predicted octanol–water partition coefficient (Wildman–Crippen LogP) is 4.11. The molecule has 0 spiro atoms. The summed E-state index contributed by atoms with van der Waals surface area (Å²) in [5, 5.41) is 7.86. The van der Waals surface area contributed by atoms with E-state index >= 15 is 0 Å². The monoisotopic (exact) mass is 391 g/mol. The van der Waals surface area contributed by atoms with Gasteiger partial charge in [-0.3, -0.25) is 14.3 Å². The van der Waals surface area contributed by atoms with Crippen LogP contribution in [0.3, 0.4) is 0 Å². The Morgan fingerprint density at radius 2 is 1.72 bits per heavy atom. The molecule has 2 aromatic carbocycles. The molecule has 1 amide bonds. The Bertz CT molecular complexity index is 1040. The number of fused-ring (bicyclic) bond motifs is 1. The Hall–Kier alpha value is -2.95. The van der Waals surface area contributed by atoms with E-state index in [2.05, 4.69) is 62.4 Å². The average molecular weight is 392 g/mol. The summed E-state index contributed by atoms with van der Waals surface area (Å²) < 4.78 is 1.58. The standard InChI is InChI=1S/C24H29N3O2/c1-16(2)13-18-9-11-19(12-10-18)24(17(3)4)26-23(29)15-27-21-8-6-5-7-20(21)22(28)14-25-27/h5-12,14,16-17,24H,13,15H2,1-4H3,(H,26,29).